The Morgan fingerprint density at radius 2 is 2.00 bits per heavy atom. The molecule has 2 aliphatic carbocycles. The first-order valence-corrected chi connectivity index (χ1v) is 8.22. The number of rotatable bonds is 5. The summed E-state index contributed by atoms with van der Waals surface area (Å²) in [7, 11) is -3.34. The third kappa shape index (κ3) is 3.03. The molecule has 0 radical (unpaired) electrons. The van der Waals surface area contributed by atoms with Gasteiger partial charge < -0.3 is 5.11 Å². The third-order valence-electron chi connectivity index (χ3n) is 4.17. The summed E-state index contributed by atoms with van der Waals surface area (Å²) in [6.45, 7) is 1.65. The van der Waals surface area contributed by atoms with Crippen LogP contribution in [0.1, 0.15) is 45.4 Å². The molecule has 6 heteroatoms. The fourth-order valence-electron chi connectivity index (χ4n) is 2.64. The molecule has 2 N–H and O–H groups in total. The molecule has 18 heavy (non-hydrogen) atoms. The molecular formula is C12H21NO4S. The highest BCUT2D eigenvalue weighted by Crippen LogP contribution is 2.37. The van der Waals surface area contributed by atoms with E-state index in [1.165, 1.54) is 0 Å². The van der Waals surface area contributed by atoms with E-state index in [2.05, 4.69) is 4.72 Å². The molecule has 2 unspecified atom stereocenters. The molecule has 0 heterocycles. The van der Waals surface area contributed by atoms with Crippen LogP contribution >= 0.6 is 0 Å². The van der Waals surface area contributed by atoms with E-state index in [0.29, 0.717) is 12.8 Å². The Morgan fingerprint density at radius 1 is 1.33 bits per heavy atom. The van der Waals surface area contributed by atoms with Crippen LogP contribution in [0.4, 0.5) is 0 Å². The second-order valence-electron chi connectivity index (χ2n) is 5.86. The summed E-state index contributed by atoms with van der Waals surface area (Å²) in [5.74, 6) is -0.470. The van der Waals surface area contributed by atoms with Gasteiger partial charge in [-0.3, -0.25) is 4.79 Å². The Kier molecular flexibility index (Phi) is 3.69. The summed E-state index contributed by atoms with van der Waals surface area (Å²) >= 11 is 0. The lowest BCUT2D eigenvalue weighted by Gasteiger charge is -2.38. The van der Waals surface area contributed by atoms with Gasteiger partial charge in [0.15, 0.2) is 0 Å². The van der Waals surface area contributed by atoms with Crippen LogP contribution in [0.15, 0.2) is 0 Å². The topological polar surface area (TPSA) is 83.5 Å². The number of sulfonamides is 1. The fourth-order valence-corrected chi connectivity index (χ4v) is 4.50. The molecule has 2 fully saturated rings. The van der Waals surface area contributed by atoms with Crippen LogP contribution in [0.5, 0.6) is 0 Å². The van der Waals surface area contributed by atoms with Crippen molar-refractivity contribution in [2.45, 2.75) is 51.5 Å². The van der Waals surface area contributed by atoms with E-state index in [0.717, 1.165) is 25.7 Å². The minimum atomic E-state index is -3.34. The highest BCUT2D eigenvalue weighted by molar-refractivity contribution is 7.89. The zero-order chi connectivity index (χ0) is 13.4. The number of carboxylic acid groups (broad SMARTS) is 1. The van der Waals surface area contributed by atoms with Crippen LogP contribution in [-0.2, 0) is 14.8 Å². The molecule has 0 saturated heterocycles. The van der Waals surface area contributed by atoms with E-state index in [1.54, 1.807) is 6.92 Å². The summed E-state index contributed by atoms with van der Waals surface area (Å²) in [6.07, 6.45) is 4.85. The van der Waals surface area contributed by atoms with Crippen molar-refractivity contribution < 1.29 is 18.3 Å². The molecule has 0 aromatic heterocycles. The molecule has 2 rings (SSSR count). The highest BCUT2D eigenvalue weighted by atomic mass is 32.2. The van der Waals surface area contributed by atoms with Crippen LogP contribution in [0, 0.1) is 11.3 Å². The van der Waals surface area contributed by atoms with Gasteiger partial charge in [-0.2, -0.15) is 0 Å². The van der Waals surface area contributed by atoms with E-state index < -0.39 is 27.4 Å². The average Bonchev–Trinajstić information content (AvgIpc) is 3.04. The minimum Gasteiger partial charge on any atom is -0.481 e. The first kappa shape index (κ1) is 13.8. The Bertz CT molecular complexity index is 429. The van der Waals surface area contributed by atoms with Gasteiger partial charge in [-0.25, -0.2) is 13.1 Å². The predicted octanol–water partition coefficient (Wildman–Crippen LogP) is 1.35. The lowest BCUT2D eigenvalue weighted by atomic mass is 9.72. The van der Waals surface area contributed by atoms with Gasteiger partial charge in [0.2, 0.25) is 10.0 Å². The molecule has 0 spiro atoms. The Labute approximate surface area is 108 Å². The van der Waals surface area contributed by atoms with Crippen molar-refractivity contribution in [3.8, 4) is 0 Å². The van der Waals surface area contributed by atoms with E-state index in [9.17, 15) is 18.3 Å². The van der Waals surface area contributed by atoms with Crippen molar-refractivity contribution >= 4 is 16.0 Å². The lowest BCUT2D eigenvalue weighted by molar-refractivity contribution is -0.151. The number of nitrogens with one attached hydrogen (secondary N) is 1. The van der Waals surface area contributed by atoms with Gasteiger partial charge in [0.05, 0.1) is 11.2 Å². The van der Waals surface area contributed by atoms with Crippen molar-refractivity contribution in [2.24, 2.45) is 11.3 Å². The second kappa shape index (κ2) is 4.81. The van der Waals surface area contributed by atoms with Gasteiger partial charge in [0, 0.05) is 6.04 Å². The van der Waals surface area contributed by atoms with Crippen molar-refractivity contribution in [3.05, 3.63) is 0 Å². The van der Waals surface area contributed by atoms with Crippen molar-refractivity contribution in [1.82, 2.24) is 4.72 Å². The zero-order valence-electron chi connectivity index (χ0n) is 10.7. The number of carbonyl (C=O) groups is 1. The molecule has 0 aliphatic heterocycles. The first-order valence-electron chi connectivity index (χ1n) is 6.57. The molecule has 2 aliphatic rings. The molecule has 0 amide bonds. The van der Waals surface area contributed by atoms with Gasteiger partial charge in [-0.1, -0.05) is 12.8 Å². The molecule has 2 atom stereocenters. The quantitative estimate of drug-likeness (QED) is 0.793. The lowest BCUT2D eigenvalue weighted by Crippen LogP contribution is -2.52. The smallest absolute Gasteiger partial charge is 0.310 e. The average molecular weight is 275 g/mol. The monoisotopic (exact) mass is 275 g/mol. The SMILES string of the molecule is CC1(C(=O)O)CCCCC1NS(=O)(=O)CC1CC1. The van der Waals surface area contributed by atoms with Gasteiger partial charge in [0.1, 0.15) is 0 Å². The molecule has 5 nitrogen and oxygen atoms in total. The van der Waals surface area contributed by atoms with Gasteiger partial charge in [-0.15, -0.1) is 0 Å². The molecular weight excluding hydrogens is 254 g/mol. The van der Waals surface area contributed by atoms with Gasteiger partial charge >= 0.3 is 5.97 Å². The first-order chi connectivity index (χ1) is 8.33. The maximum Gasteiger partial charge on any atom is 0.310 e. The maximum absolute atomic E-state index is 12.0. The number of aliphatic carboxylic acids is 1. The number of carboxylic acids is 1. The standard InChI is InChI=1S/C12H21NO4S/c1-12(11(14)15)7-3-2-4-10(12)13-18(16,17)8-9-5-6-9/h9-10,13H,2-8H2,1H3,(H,14,15). The number of hydrogen-bond donors (Lipinski definition) is 2. The molecule has 0 bridgehead atoms. The zero-order valence-corrected chi connectivity index (χ0v) is 11.5. The van der Waals surface area contributed by atoms with E-state index >= 15 is 0 Å². The van der Waals surface area contributed by atoms with Crippen LogP contribution < -0.4 is 4.72 Å². The largest absolute Gasteiger partial charge is 0.481 e. The Hall–Kier alpha value is -0.620. The van der Waals surface area contributed by atoms with E-state index in [1.807, 2.05) is 0 Å². The van der Waals surface area contributed by atoms with Crippen molar-refractivity contribution in [2.75, 3.05) is 5.75 Å². The summed E-state index contributed by atoms with van der Waals surface area (Å²) in [6, 6.07) is -0.465. The van der Waals surface area contributed by atoms with E-state index in [-0.39, 0.29) is 11.7 Å². The third-order valence-corrected chi connectivity index (χ3v) is 5.72. The molecule has 104 valence electrons. The summed E-state index contributed by atoms with van der Waals surface area (Å²) in [4.78, 5) is 11.4. The van der Waals surface area contributed by atoms with Crippen molar-refractivity contribution in [3.63, 3.8) is 0 Å². The van der Waals surface area contributed by atoms with Crippen LogP contribution in [-0.4, -0.2) is 31.3 Å². The van der Waals surface area contributed by atoms with Crippen LogP contribution in [0.2, 0.25) is 0 Å². The highest BCUT2D eigenvalue weighted by Gasteiger charge is 2.45. The summed E-state index contributed by atoms with van der Waals surface area (Å²) in [5.41, 5.74) is -0.963. The van der Waals surface area contributed by atoms with Crippen LogP contribution in [0.3, 0.4) is 0 Å². The second-order valence-corrected chi connectivity index (χ2v) is 7.66. The normalized spacial score (nSPS) is 33.3. The van der Waals surface area contributed by atoms with E-state index in [4.69, 9.17) is 0 Å². The van der Waals surface area contributed by atoms with Gasteiger partial charge in [0.25, 0.3) is 0 Å². The van der Waals surface area contributed by atoms with Crippen molar-refractivity contribution in [1.29, 1.82) is 0 Å². The Morgan fingerprint density at radius 3 is 2.56 bits per heavy atom. The molecule has 2 saturated carbocycles. The maximum atomic E-state index is 12.0. The molecule has 0 aromatic rings. The number of hydrogen-bond acceptors (Lipinski definition) is 3. The fraction of sp³-hybridized carbons (Fsp3) is 0.917. The Balaban J connectivity index is 2.07. The summed E-state index contributed by atoms with van der Waals surface area (Å²) < 4.78 is 26.5. The summed E-state index contributed by atoms with van der Waals surface area (Å²) in [5, 5.41) is 9.32. The van der Waals surface area contributed by atoms with Gasteiger partial charge in [-0.05, 0) is 38.5 Å². The predicted molar refractivity (Wildman–Crippen MR) is 67.6 cm³/mol. The molecule has 0 aromatic carbocycles. The van der Waals surface area contributed by atoms with Crippen LogP contribution in [0.25, 0.3) is 0 Å². The minimum absolute atomic E-state index is 0.152.